The third-order valence-electron chi connectivity index (χ3n) is 6.62. The first-order valence-corrected chi connectivity index (χ1v) is 12.6. The Morgan fingerprint density at radius 3 is 2.18 bits per heavy atom. The van der Waals surface area contributed by atoms with Crippen LogP contribution in [0.25, 0.3) is 0 Å². The second-order valence-corrected chi connectivity index (χ2v) is 9.16. The van der Waals surface area contributed by atoms with Crippen molar-refractivity contribution >= 4 is 41.2 Å². The third kappa shape index (κ3) is 6.77. The van der Waals surface area contributed by atoms with Crippen molar-refractivity contribution in [3.63, 3.8) is 0 Å². The zero-order chi connectivity index (χ0) is 27.9. The minimum atomic E-state index is -1.05. The fraction of sp³-hybridized carbons (Fsp3) is 0.520. The van der Waals surface area contributed by atoms with Crippen molar-refractivity contribution in [1.82, 2.24) is 15.1 Å². The minimum absolute atomic E-state index is 0.0580. The highest BCUT2D eigenvalue weighted by Crippen LogP contribution is 2.31. The summed E-state index contributed by atoms with van der Waals surface area (Å²) in [5.74, 6) is -3.40. The van der Waals surface area contributed by atoms with Gasteiger partial charge in [-0.15, -0.1) is 0 Å². The van der Waals surface area contributed by atoms with E-state index in [1.54, 1.807) is 23.1 Å². The van der Waals surface area contributed by atoms with Gasteiger partial charge in [0.1, 0.15) is 19.3 Å². The predicted molar refractivity (Wildman–Crippen MR) is 132 cm³/mol. The lowest BCUT2D eigenvalue weighted by Crippen LogP contribution is -2.54. The fourth-order valence-corrected chi connectivity index (χ4v) is 4.62. The summed E-state index contributed by atoms with van der Waals surface area (Å²) in [6, 6.07) is 3.93. The molecule has 1 aromatic carbocycles. The fourth-order valence-electron chi connectivity index (χ4n) is 4.62. The van der Waals surface area contributed by atoms with Crippen LogP contribution in [0.4, 0.5) is 5.69 Å². The standard InChI is InChI=1S/C25H30N4O10/c30-20-4-3-19(23(34)26-20)29-24(35)17-2-1-16(13-18(17)25(29)36)27-5-7-28(8-6-27)21(31)14-38-11-9-37-10-12-39-15-22(32)33/h1-2,13,19H,3-12,14-15H2,(H,32,33)(H,26,30,34). The number of nitrogens with one attached hydrogen (secondary N) is 1. The number of piperidine rings is 1. The average Bonchev–Trinajstić information content (AvgIpc) is 3.16. The van der Waals surface area contributed by atoms with E-state index in [4.69, 9.17) is 19.3 Å². The van der Waals surface area contributed by atoms with Gasteiger partial charge < -0.3 is 29.1 Å². The molecule has 210 valence electrons. The topological polar surface area (TPSA) is 172 Å². The van der Waals surface area contributed by atoms with Gasteiger partial charge in [0, 0.05) is 38.3 Å². The number of benzene rings is 1. The Bertz CT molecular complexity index is 1150. The molecular weight excluding hydrogens is 516 g/mol. The van der Waals surface area contributed by atoms with Gasteiger partial charge in [-0.3, -0.25) is 34.2 Å². The number of rotatable bonds is 12. The number of piperazine rings is 1. The Morgan fingerprint density at radius 2 is 1.51 bits per heavy atom. The number of ether oxygens (including phenoxy) is 3. The maximum Gasteiger partial charge on any atom is 0.329 e. The van der Waals surface area contributed by atoms with Gasteiger partial charge in [0.15, 0.2) is 0 Å². The second-order valence-electron chi connectivity index (χ2n) is 9.16. The van der Waals surface area contributed by atoms with E-state index in [-0.39, 0.29) is 69.5 Å². The molecule has 0 spiro atoms. The molecule has 5 amide bonds. The molecule has 1 atom stereocenters. The van der Waals surface area contributed by atoms with Gasteiger partial charge in [-0.25, -0.2) is 4.79 Å². The zero-order valence-corrected chi connectivity index (χ0v) is 21.3. The number of carbonyl (C=O) groups excluding carboxylic acids is 5. The Hall–Kier alpha value is -3.88. The summed E-state index contributed by atoms with van der Waals surface area (Å²) in [5, 5.41) is 10.6. The van der Waals surface area contributed by atoms with Crippen LogP contribution in [0.5, 0.6) is 0 Å². The van der Waals surface area contributed by atoms with Crippen LogP contribution in [0.1, 0.15) is 33.6 Å². The number of carboxylic acids is 1. The molecule has 39 heavy (non-hydrogen) atoms. The van der Waals surface area contributed by atoms with E-state index in [0.717, 1.165) is 10.6 Å². The van der Waals surface area contributed by atoms with Gasteiger partial charge in [-0.1, -0.05) is 0 Å². The Morgan fingerprint density at radius 1 is 0.872 bits per heavy atom. The zero-order valence-electron chi connectivity index (χ0n) is 21.3. The maximum atomic E-state index is 13.1. The lowest BCUT2D eigenvalue weighted by molar-refractivity contribution is -0.143. The first-order valence-electron chi connectivity index (χ1n) is 12.6. The van der Waals surface area contributed by atoms with Gasteiger partial charge >= 0.3 is 5.97 Å². The molecule has 14 nitrogen and oxygen atoms in total. The summed E-state index contributed by atoms with van der Waals surface area (Å²) in [6.45, 7) is 2.30. The van der Waals surface area contributed by atoms with E-state index < -0.39 is 35.6 Å². The molecule has 0 aromatic heterocycles. The van der Waals surface area contributed by atoms with Gasteiger partial charge in [-0.2, -0.15) is 0 Å². The predicted octanol–water partition coefficient (Wildman–Crippen LogP) is -1.13. The van der Waals surface area contributed by atoms with Gasteiger partial charge in [-0.05, 0) is 24.6 Å². The van der Waals surface area contributed by atoms with E-state index in [9.17, 15) is 28.8 Å². The molecule has 4 rings (SSSR count). The van der Waals surface area contributed by atoms with Crippen LogP contribution in [-0.2, 0) is 33.4 Å². The SMILES string of the molecule is O=C(O)COCCOCCOCC(=O)N1CCN(c2ccc3c(c2)C(=O)N(C2CCC(=O)NC2=O)C3=O)CC1. The molecule has 3 aliphatic rings. The summed E-state index contributed by atoms with van der Waals surface area (Å²) in [4.78, 5) is 77.1. The van der Waals surface area contributed by atoms with E-state index in [0.29, 0.717) is 26.2 Å². The van der Waals surface area contributed by atoms with Gasteiger partial charge in [0.2, 0.25) is 17.7 Å². The van der Waals surface area contributed by atoms with Crippen molar-refractivity contribution in [2.45, 2.75) is 18.9 Å². The lowest BCUT2D eigenvalue weighted by Gasteiger charge is -2.36. The molecule has 2 fully saturated rings. The second kappa shape index (κ2) is 12.8. The number of imide groups is 2. The quantitative estimate of drug-likeness (QED) is 0.240. The van der Waals surface area contributed by atoms with Crippen molar-refractivity contribution in [2.75, 3.05) is 70.7 Å². The van der Waals surface area contributed by atoms with Crippen LogP contribution in [0.3, 0.4) is 0 Å². The summed E-state index contributed by atoms with van der Waals surface area (Å²) < 4.78 is 15.5. The molecular formula is C25H30N4O10. The minimum Gasteiger partial charge on any atom is -0.480 e. The highest BCUT2D eigenvalue weighted by atomic mass is 16.5. The Kier molecular flexibility index (Phi) is 9.22. The summed E-state index contributed by atoms with van der Waals surface area (Å²) >= 11 is 0. The highest BCUT2D eigenvalue weighted by Gasteiger charge is 2.44. The van der Waals surface area contributed by atoms with Crippen LogP contribution < -0.4 is 10.2 Å². The van der Waals surface area contributed by atoms with Crippen LogP contribution in [0.2, 0.25) is 0 Å². The smallest absolute Gasteiger partial charge is 0.329 e. The number of anilines is 1. The summed E-state index contributed by atoms with van der Waals surface area (Å²) in [5.41, 5.74) is 1.16. The average molecular weight is 547 g/mol. The van der Waals surface area contributed by atoms with Crippen molar-refractivity contribution in [3.05, 3.63) is 29.3 Å². The van der Waals surface area contributed by atoms with E-state index in [1.165, 1.54) is 0 Å². The number of aliphatic carboxylic acids is 1. The van der Waals surface area contributed by atoms with E-state index in [2.05, 4.69) is 5.32 Å². The molecule has 2 N–H and O–H groups in total. The van der Waals surface area contributed by atoms with Crippen LogP contribution in [0, 0.1) is 0 Å². The van der Waals surface area contributed by atoms with Crippen molar-refractivity contribution in [2.24, 2.45) is 0 Å². The molecule has 0 radical (unpaired) electrons. The molecule has 3 heterocycles. The van der Waals surface area contributed by atoms with E-state index >= 15 is 0 Å². The largest absolute Gasteiger partial charge is 0.480 e. The summed E-state index contributed by atoms with van der Waals surface area (Å²) in [6.07, 6.45) is 0.155. The lowest BCUT2D eigenvalue weighted by atomic mass is 10.0. The number of amides is 5. The van der Waals surface area contributed by atoms with E-state index in [1.807, 2.05) is 4.90 Å². The molecule has 3 aliphatic heterocycles. The number of carbonyl (C=O) groups is 6. The molecule has 14 heteroatoms. The first-order chi connectivity index (χ1) is 18.8. The number of fused-ring (bicyclic) bond motifs is 1. The Balaban J connectivity index is 1.21. The van der Waals surface area contributed by atoms with Gasteiger partial charge in [0.05, 0.1) is 37.6 Å². The monoisotopic (exact) mass is 546 g/mol. The highest BCUT2D eigenvalue weighted by molar-refractivity contribution is 6.23. The number of nitrogens with zero attached hydrogens (tertiary/aromatic N) is 3. The van der Waals surface area contributed by atoms with Crippen LogP contribution in [-0.4, -0.2) is 122 Å². The molecule has 0 saturated carbocycles. The third-order valence-corrected chi connectivity index (χ3v) is 6.62. The molecule has 1 unspecified atom stereocenters. The Labute approximate surface area is 223 Å². The van der Waals surface area contributed by atoms with Gasteiger partial charge in [0.25, 0.3) is 11.8 Å². The number of hydrogen-bond acceptors (Lipinski definition) is 10. The maximum absolute atomic E-state index is 13.1. The van der Waals surface area contributed by atoms with Crippen LogP contribution >= 0.6 is 0 Å². The summed E-state index contributed by atoms with van der Waals surface area (Å²) in [7, 11) is 0. The van der Waals surface area contributed by atoms with Crippen molar-refractivity contribution in [1.29, 1.82) is 0 Å². The molecule has 0 aliphatic carbocycles. The number of hydrogen-bond donors (Lipinski definition) is 2. The number of carboxylic acid groups (broad SMARTS) is 1. The molecule has 0 bridgehead atoms. The van der Waals surface area contributed by atoms with Crippen molar-refractivity contribution in [3.8, 4) is 0 Å². The first kappa shape index (κ1) is 28.1. The molecule has 2 saturated heterocycles. The molecule has 1 aromatic rings. The normalized spacial score (nSPS) is 19.4. The van der Waals surface area contributed by atoms with Crippen molar-refractivity contribution < 1.29 is 48.1 Å². The van der Waals surface area contributed by atoms with Crippen LogP contribution in [0.15, 0.2) is 18.2 Å².